The van der Waals surface area contributed by atoms with Crippen molar-refractivity contribution in [2.45, 2.75) is 26.8 Å². The van der Waals surface area contributed by atoms with E-state index in [0.717, 1.165) is 12.2 Å². The minimum absolute atomic E-state index is 0.145. The van der Waals surface area contributed by atoms with Gasteiger partial charge in [-0.15, -0.1) is 0 Å². The summed E-state index contributed by atoms with van der Waals surface area (Å²) in [6, 6.07) is 3.69. The average molecular weight is 288 g/mol. The first kappa shape index (κ1) is 15.0. The molecule has 0 saturated heterocycles. The topological polar surface area (TPSA) is 80.0 Å². The largest absolute Gasteiger partial charge is 0.467 e. The molecule has 0 fully saturated rings. The van der Waals surface area contributed by atoms with Gasteiger partial charge in [0.15, 0.2) is 0 Å². The van der Waals surface area contributed by atoms with Gasteiger partial charge in [-0.1, -0.05) is 13.8 Å². The van der Waals surface area contributed by atoms with Crippen LogP contribution < -0.4 is 10.6 Å². The molecule has 0 aliphatic carbocycles. The summed E-state index contributed by atoms with van der Waals surface area (Å²) in [4.78, 5) is 20.1. The molecule has 0 aliphatic heterocycles. The summed E-state index contributed by atoms with van der Waals surface area (Å²) < 4.78 is 5.20. The van der Waals surface area contributed by atoms with Gasteiger partial charge in [0.25, 0.3) is 5.91 Å². The van der Waals surface area contributed by atoms with E-state index in [2.05, 4.69) is 34.4 Å². The van der Waals surface area contributed by atoms with Crippen molar-refractivity contribution in [1.82, 2.24) is 15.3 Å². The lowest BCUT2D eigenvalue weighted by Gasteiger charge is -2.07. The molecule has 6 heteroatoms. The Morgan fingerprint density at radius 1 is 1.33 bits per heavy atom. The first-order valence-corrected chi connectivity index (χ1v) is 7.01. The Hall–Kier alpha value is -2.37. The molecule has 0 radical (unpaired) electrons. The Bertz CT molecular complexity index is 550. The quantitative estimate of drug-likeness (QED) is 0.818. The summed E-state index contributed by atoms with van der Waals surface area (Å²) in [7, 11) is 0. The van der Waals surface area contributed by atoms with E-state index >= 15 is 0 Å². The number of rotatable bonds is 7. The van der Waals surface area contributed by atoms with Gasteiger partial charge in [0.1, 0.15) is 5.76 Å². The highest BCUT2D eigenvalue weighted by Crippen LogP contribution is 2.05. The van der Waals surface area contributed by atoms with E-state index in [4.69, 9.17) is 4.42 Å². The fourth-order valence-corrected chi connectivity index (χ4v) is 1.69. The lowest BCUT2D eigenvalue weighted by molar-refractivity contribution is 0.0951. The summed E-state index contributed by atoms with van der Waals surface area (Å²) in [6.07, 6.45) is 5.60. The molecule has 0 bridgehead atoms. The highest BCUT2D eigenvalue weighted by molar-refractivity contribution is 5.93. The van der Waals surface area contributed by atoms with Crippen molar-refractivity contribution in [3.8, 4) is 0 Å². The maximum atomic E-state index is 11.9. The van der Waals surface area contributed by atoms with E-state index in [9.17, 15) is 4.79 Å². The Morgan fingerprint density at radius 2 is 2.10 bits per heavy atom. The van der Waals surface area contributed by atoms with Gasteiger partial charge in [0.05, 0.1) is 18.4 Å². The number of anilines is 1. The van der Waals surface area contributed by atoms with Crippen molar-refractivity contribution in [1.29, 1.82) is 0 Å². The molecule has 1 amide bonds. The normalized spacial score (nSPS) is 10.6. The highest BCUT2D eigenvalue weighted by Gasteiger charge is 2.07. The van der Waals surface area contributed by atoms with Gasteiger partial charge in [-0.2, -0.15) is 0 Å². The number of hydrogen-bond acceptors (Lipinski definition) is 5. The molecule has 0 unspecified atom stereocenters. The molecule has 0 aromatic carbocycles. The zero-order valence-electron chi connectivity index (χ0n) is 12.3. The molecule has 0 aliphatic rings. The molecule has 0 saturated carbocycles. The zero-order valence-corrected chi connectivity index (χ0v) is 12.3. The van der Waals surface area contributed by atoms with Crippen LogP contribution in [-0.2, 0) is 6.54 Å². The molecule has 2 rings (SSSR count). The number of hydrogen-bond donors (Lipinski definition) is 2. The number of carbonyl (C=O) groups is 1. The van der Waals surface area contributed by atoms with Crippen LogP contribution in [0.1, 0.15) is 36.4 Å². The molecule has 6 nitrogen and oxygen atoms in total. The number of furan rings is 1. The predicted molar refractivity (Wildman–Crippen MR) is 79.9 cm³/mol. The lowest BCUT2D eigenvalue weighted by Crippen LogP contribution is -2.25. The molecular formula is C15H20N4O2. The summed E-state index contributed by atoms with van der Waals surface area (Å²) in [6.45, 7) is 5.41. The van der Waals surface area contributed by atoms with Gasteiger partial charge in [0, 0.05) is 18.9 Å². The monoisotopic (exact) mass is 288 g/mol. The van der Waals surface area contributed by atoms with E-state index < -0.39 is 0 Å². The van der Waals surface area contributed by atoms with E-state index in [1.807, 2.05) is 12.1 Å². The summed E-state index contributed by atoms with van der Waals surface area (Å²) in [5.74, 6) is 1.68. The minimum Gasteiger partial charge on any atom is -0.467 e. The van der Waals surface area contributed by atoms with Gasteiger partial charge in [0.2, 0.25) is 5.95 Å². The van der Waals surface area contributed by atoms with E-state index in [1.54, 1.807) is 6.26 Å². The van der Waals surface area contributed by atoms with Crippen molar-refractivity contribution in [3.63, 3.8) is 0 Å². The number of nitrogens with zero attached hydrogens (tertiary/aromatic N) is 2. The maximum Gasteiger partial charge on any atom is 0.254 e. The van der Waals surface area contributed by atoms with Crippen LogP contribution in [0.4, 0.5) is 5.95 Å². The van der Waals surface area contributed by atoms with E-state index in [0.29, 0.717) is 30.5 Å². The maximum absolute atomic E-state index is 11.9. The molecule has 21 heavy (non-hydrogen) atoms. The van der Waals surface area contributed by atoms with Crippen molar-refractivity contribution in [3.05, 3.63) is 42.1 Å². The third-order valence-corrected chi connectivity index (χ3v) is 2.92. The van der Waals surface area contributed by atoms with Gasteiger partial charge in [-0.3, -0.25) is 4.79 Å². The van der Waals surface area contributed by atoms with Gasteiger partial charge in [-0.25, -0.2) is 9.97 Å². The first-order chi connectivity index (χ1) is 10.1. The van der Waals surface area contributed by atoms with Gasteiger partial charge < -0.3 is 15.1 Å². The third kappa shape index (κ3) is 4.91. The van der Waals surface area contributed by atoms with E-state index in [-0.39, 0.29) is 5.91 Å². The van der Waals surface area contributed by atoms with Gasteiger partial charge >= 0.3 is 0 Å². The van der Waals surface area contributed by atoms with Crippen LogP contribution in [0.2, 0.25) is 0 Å². The second-order valence-corrected chi connectivity index (χ2v) is 5.17. The predicted octanol–water partition coefficient (Wildman–Crippen LogP) is 2.46. The number of nitrogens with one attached hydrogen (secondary N) is 2. The van der Waals surface area contributed by atoms with Crippen LogP contribution in [0.15, 0.2) is 35.2 Å². The fraction of sp³-hybridized carbons (Fsp3) is 0.400. The Labute approximate surface area is 124 Å². The Morgan fingerprint density at radius 3 is 2.71 bits per heavy atom. The number of aromatic nitrogens is 2. The number of amides is 1. The fourth-order valence-electron chi connectivity index (χ4n) is 1.69. The minimum atomic E-state index is -0.145. The van der Waals surface area contributed by atoms with Crippen LogP contribution in [0.5, 0.6) is 0 Å². The molecule has 2 N–H and O–H groups in total. The lowest BCUT2D eigenvalue weighted by atomic mass is 10.1. The third-order valence-electron chi connectivity index (χ3n) is 2.92. The molecule has 2 aromatic heterocycles. The van der Waals surface area contributed by atoms with Crippen molar-refractivity contribution in [2.75, 3.05) is 11.9 Å². The highest BCUT2D eigenvalue weighted by atomic mass is 16.3. The van der Waals surface area contributed by atoms with E-state index in [1.165, 1.54) is 12.4 Å². The molecule has 112 valence electrons. The van der Waals surface area contributed by atoms with Crippen LogP contribution >= 0.6 is 0 Å². The Balaban J connectivity index is 1.82. The van der Waals surface area contributed by atoms with Crippen molar-refractivity contribution < 1.29 is 9.21 Å². The first-order valence-electron chi connectivity index (χ1n) is 7.01. The molecule has 0 spiro atoms. The summed E-state index contributed by atoms with van der Waals surface area (Å²) in [5, 5.41) is 5.87. The van der Waals surface area contributed by atoms with Crippen molar-refractivity contribution in [2.24, 2.45) is 5.92 Å². The summed E-state index contributed by atoms with van der Waals surface area (Å²) >= 11 is 0. The standard InChI is InChI=1S/C15H20N4O2/c1-11(2)5-6-16-14(20)12-8-17-15(18-9-12)19-10-13-4-3-7-21-13/h3-4,7-9,11H,5-6,10H2,1-2H3,(H,16,20)(H,17,18,19). The van der Waals surface area contributed by atoms with Crippen LogP contribution in [0.3, 0.4) is 0 Å². The second-order valence-electron chi connectivity index (χ2n) is 5.17. The van der Waals surface area contributed by atoms with Crippen LogP contribution in [-0.4, -0.2) is 22.4 Å². The second kappa shape index (κ2) is 7.42. The van der Waals surface area contributed by atoms with Crippen molar-refractivity contribution >= 4 is 11.9 Å². The average Bonchev–Trinajstić information content (AvgIpc) is 2.98. The van der Waals surface area contributed by atoms with Crippen LogP contribution in [0.25, 0.3) is 0 Å². The molecule has 2 heterocycles. The molecule has 2 aromatic rings. The van der Waals surface area contributed by atoms with Gasteiger partial charge in [-0.05, 0) is 24.5 Å². The smallest absolute Gasteiger partial charge is 0.254 e. The molecular weight excluding hydrogens is 268 g/mol. The Kier molecular flexibility index (Phi) is 5.31. The SMILES string of the molecule is CC(C)CCNC(=O)c1cnc(NCc2ccco2)nc1. The zero-order chi connectivity index (χ0) is 15.1. The summed E-state index contributed by atoms with van der Waals surface area (Å²) in [5.41, 5.74) is 0.460. The number of carbonyl (C=O) groups excluding carboxylic acids is 1. The molecule has 0 atom stereocenters. The van der Waals surface area contributed by atoms with Crippen LogP contribution in [0, 0.1) is 5.92 Å².